The zero-order valence-corrected chi connectivity index (χ0v) is 9.73. The summed E-state index contributed by atoms with van der Waals surface area (Å²) in [6, 6.07) is 0. The predicted octanol–water partition coefficient (Wildman–Crippen LogP) is -2.81. The van der Waals surface area contributed by atoms with Gasteiger partial charge in [0, 0.05) is 6.54 Å². The number of amides is 2. The lowest BCUT2D eigenvalue weighted by Crippen LogP contribution is -2.47. The van der Waals surface area contributed by atoms with E-state index in [1.54, 1.807) is 11.2 Å². The van der Waals surface area contributed by atoms with E-state index in [0.29, 0.717) is 0 Å². The summed E-state index contributed by atoms with van der Waals surface area (Å²) in [4.78, 5) is 32.1. The third-order valence-corrected chi connectivity index (χ3v) is 2.74. The number of aliphatic carboxylic acids is 1. The number of carbonyl (C=O) groups excluding carboxylic acids is 2. The summed E-state index contributed by atoms with van der Waals surface area (Å²) < 4.78 is 30.5. The van der Waals surface area contributed by atoms with E-state index in [4.69, 9.17) is 9.66 Å². The zero-order chi connectivity index (χ0) is 14.3. The quantitative estimate of drug-likeness (QED) is 0.302. The maximum absolute atomic E-state index is 11.3. The molecule has 0 spiro atoms. The van der Waals surface area contributed by atoms with E-state index < -0.39 is 46.2 Å². The Morgan fingerprint density at radius 1 is 1.28 bits per heavy atom. The molecule has 0 aromatic carbocycles. The Labute approximate surface area is 102 Å². The van der Waals surface area contributed by atoms with Crippen LogP contribution in [0.15, 0.2) is 0 Å². The molecule has 1 atom stereocenters. The molecule has 0 fully saturated rings. The van der Waals surface area contributed by atoms with Gasteiger partial charge in [0.15, 0.2) is 5.25 Å². The van der Waals surface area contributed by atoms with Crippen LogP contribution < -0.4 is 10.6 Å². The van der Waals surface area contributed by atoms with Gasteiger partial charge in [0.05, 0.1) is 0 Å². The Hall–Kier alpha value is -2.12. The van der Waals surface area contributed by atoms with Gasteiger partial charge in [-0.1, -0.05) is 0 Å². The molecule has 0 saturated heterocycles. The Bertz CT molecular complexity index is 490. The lowest BCUT2D eigenvalue weighted by atomic mass is 10.3. The fourth-order valence-electron chi connectivity index (χ4n) is 0.846. The maximum Gasteiger partial charge on any atom is 0.322 e. The Kier molecular flexibility index (Phi) is 5.80. The van der Waals surface area contributed by atoms with Crippen LogP contribution in [-0.4, -0.2) is 54.2 Å². The summed E-state index contributed by atoms with van der Waals surface area (Å²) >= 11 is 0. The highest BCUT2D eigenvalue weighted by Crippen LogP contribution is 1.98. The van der Waals surface area contributed by atoms with Gasteiger partial charge >= 0.3 is 5.97 Å². The first-order chi connectivity index (χ1) is 8.18. The molecule has 9 nitrogen and oxygen atoms in total. The number of carbonyl (C=O) groups is 3. The van der Waals surface area contributed by atoms with Crippen LogP contribution in [-0.2, 0) is 24.5 Å². The first-order valence-electron chi connectivity index (χ1n) is 4.38. The monoisotopic (exact) mass is 278 g/mol. The van der Waals surface area contributed by atoms with Crippen molar-refractivity contribution >= 4 is 27.9 Å². The Morgan fingerprint density at radius 2 is 1.83 bits per heavy atom. The number of hydrogen-bond acceptors (Lipinski definition) is 5. The van der Waals surface area contributed by atoms with Gasteiger partial charge in [-0.2, -0.15) is 8.42 Å². The predicted molar refractivity (Wildman–Crippen MR) is 57.8 cm³/mol. The smallest absolute Gasteiger partial charge is 0.322 e. The fraction of sp³-hybridized carbons (Fsp3) is 0.375. The molecule has 0 aliphatic heterocycles. The fourth-order valence-corrected chi connectivity index (χ4v) is 1.49. The van der Waals surface area contributed by atoms with Crippen molar-refractivity contribution < 1.29 is 32.5 Å². The van der Waals surface area contributed by atoms with E-state index >= 15 is 0 Å². The van der Waals surface area contributed by atoms with Crippen molar-refractivity contribution in [1.82, 2.24) is 10.6 Å². The lowest BCUT2D eigenvalue weighted by Gasteiger charge is -2.13. The van der Waals surface area contributed by atoms with Crippen LogP contribution in [0.25, 0.3) is 0 Å². The number of rotatable bonds is 6. The van der Waals surface area contributed by atoms with Gasteiger partial charge in [0.2, 0.25) is 5.91 Å². The molecule has 10 heteroatoms. The second-order valence-corrected chi connectivity index (χ2v) is 4.57. The van der Waals surface area contributed by atoms with E-state index in [9.17, 15) is 22.8 Å². The average Bonchev–Trinajstić information content (AvgIpc) is 2.24. The first-order valence-corrected chi connectivity index (χ1v) is 5.89. The van der Waals surface area contributed by atoms with Crippen molar-refractivity contribution in [3.63, 3.8) is 0 Å². The van der Waals surface area contributed by atoms with Crippen LogP contribution in [0.2, 0.25) is 0 Å². The van der Waals surface area contributed by atoms with Crippen LogP contribution in [0.1, 0.15) is 0 Å². The summed E-state index contributed by atoms with van der Waals surface area (Å²) in [5, 5.41) is 9.88. The van der Waals surface area contributed by atoms with E-state index in [-0.39, 0.29) is 0 Å². The molecular formula is C8H10N2O7S. The second-order valence-electron chi connectivity index (χ2n) is 2.97. The normalized spacial score (nSPS) is 12.0. The van der Waals surface area contributed by atoms with Gasteiger partial charge in [0.1, 0.15) is 6.54 Å². The molecule has 0 aliphatic carbocycles. The van der Waals surface area contributed by atoms with Gasteiger partial charge in [-0.3, -0.25) is 18.9 Å². The topological polar surface area (TPSA) is 150 Å². The van der Waals surface area contributed by atoms with Crippen molar-refractivity contribution in [2.75, 3.05) is 13.1 Å². The summed E-state index contributed by atoms with van der Waals surface area (Å²) in [7, 11) is -4.80. The van der Waals surface area contributed by atoms with E-state index in [1.165, 1.54) is 0 Å². The Morgan fingerprint density at radius 3 is 2.22 bits per heavy atom. The maximum atomic E-state index is 11.3. The van der Waals surface area contributed by atoms with Gasteiger partial charge in [0.25, 0.3) is 16.0 Å². The standard InChI is InChI=1S/C8H10N2O7S/c1-2-6(11)9-3-5(18(15,16)17)8(14)10-4-7(12)13/h1,5H,3-4H2,(H,9,11)(H,10,14)(H,12,13)(H,15,16,17). The minimum absolute atomic E-state index is 0.771. The first kappa shape index (κ1) is 15.9. The van der Waals surface area contributed by atoms with Gasteiger partial charge < -0.3 is 15.7 Å². The van der Waals surface area contributed by atoms with Gasteiger partial charge in [-0.15, -0.1) is 6.42 Å². The molecule has 2 amide bonds. The third kappa shape index (κ3) is 5.83. The van der Waals surface area contributed by atoms with Crippen LogP contribution >= 0.6 is 0 Å². The zero-order valence-electron chi connectivity index (χ0n) is 8.91. The van der Waals surface area contributed by atoms with E-state index in [0.717, 1.165) is 0 Å². The van der Waals surface area contributed by atoms with Crippen molar-refractivity contribution in [3.8, 4) is 12.3 Å². The molecule has 0 bridgehead atoms. The van der Waals surface area contributed by atoms with Crippen molar-refractivity contribution in [1.29, 1.82) is 0 Å². The molecule has 0 radical (unpaired) electrons. The molecule has 0 rings (SSSR count). The number of nitrogens with one attached hydrogen (secondary N) is 2. The number of carboxylic acid groups (broad SMARTS) is 1. The van der Waals surface area contributed by atoms with Crippen molar-refractivity contribution in [2.24, 2.45) is 0 Å². The largest absolute Gasteiger partial charge is 0.480 e. The number of hydrogen-bond donors (Lipinski definition) is 4. The van der Waals surface area contributed by atoms with Crippen molar-refractivity contribution in [3.05, 3.63) is 0 Å². The van der Waals surface area contributed by atoms with E-state index in [2.05, 4.69) is 6.42 Å². The second kappa shape index (κ2) is 6.58. The third-order valence-electron chi connectivity index (χ3n) is 1.64. The van der Waals surface area contributed by atoms with E-state index in [1.807, 2.05) is 5.32 Å². The molecule has 4 N–H and O–H groups in total. The lowest BCUT2D eigenvalue weighted by molar-refractivity contribution is -0.138. The Balaban J connectivity index is 4.71. The highest BCUT2D eigenvalue weighted by atomic mass is 32.2. The molecule has 0 heterocycles. The highest BCUT2D eigenvalue weighted by molar-refractivity contribution is 7.87. The molecule has 0 saturated carbocycles. The SMILES string of the molecule is C#CC(=O)NCC(C(=O)NCC(=O)O)S(=O)(=O)O. The molecular weight excluding hydrogens is 268 g/mol. The van der Waals surface area contributed by atoms with Crippen LogP contribution in [0.4, 0.5) is 0 Å². The molecule has 0 aromatic rings. The van der Waals surface area contributed by atoms with Crippen LogP contribution in [0.3, 0.4) is 0 Å². The number of carboxylic acids is 1. The average molecular weight is 278 g/mol. The molecule has 100 valence electrons. The minimum atomic E-state index is -4.80. The highest BCUT2D eigenvalue weighted by Gasteiger charge is 2.31. The summed E-state index contributed by atoms with van der Waals surface area (Å²) in [5.41, 5.74) is 0. The molecule has 0 aliphatic rings. The van der Waals surface area contributed by atoms with Crippen LogP contribution in [0.5, 0.6) is 0 Å². The molecule has 1 unspecified atom stereocenters. The molecule has 18 heavy (non-hydrogen) atoms. The summed E-state index contributed by atoms with van der Waals surface area (Å²) in [5.74, 6) is -2.03. The minimum Gasteiger partial charge on any atom is -0.480 e. The van der Waals surface area contributed by atoms with Crippen LogP contribution in [0, 0.1) is 12.3 Å². The summed E-state index contributed by atoms with van der Waals surface area (Å²) in [6.45, 7) is -1.60. The van der Waals surface area contributed by atoms with Gasteiger partial charge in [-0.05, 0) is 5.92 Å². The molecule has 0 aromatic heterocycles. The summed E-state index contributed by atoms with van der Waals surface area (Å²) in [6.07, 6.45) is 4.69. The van der Waals surface area contributed by atoms with Gasteiger partial charge in [-0.25, -0.2) is 0 Å². The number of terminal acetylenes is 1. The van der Waals surface area contributed by atoms with Crippen molar-refractivity contribution in [2.45, 2.75) is 5.25 Å².